The molecule has 1 aliphatic rings. The summed E-state index contributed by atoms with van der Waals surface area (Å²) >= 11 is 3.63. The number of nitrogens with zero attached hydrogens (tertiary/aromatic N) is 3. The third-order valence-electron chi connectivity index (χ3n) is 5.12. The predicted molar refractivity (Wildman–Crippen MR) is 122 cm³/mol. The van der Waals surface area contributed by atoms with Crippen LogP contribution in [-0.2, 0) is 9.53 Å². The van der Waals surface area contributed by atoms with E-state index in [9.17, 15) is 9.59 Å². The molecule has 2 N–H and O–H groups in total. The predicted octanol–water partition coefficient (Wildman–Crippen LogP) is 4.37. The molecule has 3 rings (SSSR count). The molecule has 0 radical (unpaired) electrons. The molecule has 1 saturated heterocycles. The van der Waals surface area contributed by atoms with Gasteiger partial charge in [-0.1, -0.05) is 13.8 Å². The summed E-state index contributed by atoms with van der Waals surface area (Å²) in [6.07, 6.45) is 4.03. The van der Waals surface area contributed by atoms with Crippen molar-refractivity contribution in [3.63, 3.8) is 0 Å². The SMILES string of the molecule is CC(C)C(=O)Nc1c[nH]c2ncc(Br)c(N3CC[C@@H](N(C)C(=O)OC(C)(C)C)C3)c12. The normalized spacial score (nSPS) is 16.9. The zero-order chi connectivity index (χ0) is 22.2. The Morgan fingerprint density at radius 3 is 2.73 bits per heavy atom. The zero-order valence-corrected chi connectivity index (χ0v) is 20.0. The molecule has 1 fully saturated rings. The number of ether oxygens (including phenoxy) is 1. The molecule has 1 atom stereocenters. The van der Waals surface area contributed by atoms with Crippen LogP contribution in [0.15, 0.2) is 16.9 Å². The molecule has 0 bridgehead atoms. The quantitative estimate of drug-likeness (QED) is 0.679. The number of anilines is 2. The van der Waals surface area contributed by atoms with Crippen LogP contribution in [0.1, 0.15) is 41.0 Å². The summed E-state index contributed by atoms with van der Waals surface area (Å²) < 4.78 is 6.36. The van der Waals surface area contributed by atoms with E-state index in [0.29, 0.717) is 17.9 Å². The van der Waals surface area contributed by atoms with Crippen LogP contribution in [0.5, 0.6) is 0 Å². The molecular formula is C21H30BrN5O3. The average Bonchev–Trinajstić information content (AvgIpc) is 3.27. The maximum Gasteiger partial charge on any atom is 0.410 e. The highest BCUT2D eigenvalue weighted by molar-refractivity contribution is 9.10. The van der Waals surface area contributed by atoms with Gasteiger partial charge in [-0.05, 0) is 43.1 Å². The number of aromatic nitrogens is 2. The largest absolute Gasteiger partial charge is 0.444 e. The molecule has 30 heavy (non-hydrogen) atoms. The van der Waals surface area contributed by atoms with Crippen LogP contribution in [0.2, 0.25) is 0 Å². The molecule has 0 aliphatic carbocycles. The minimum Gasteiger partial charge on any atom is -0.444 e. The molecule has 9 heteroatoms. The number of likely N-dealkylation sites (N-methyl/N-ethyl adjacent to an activating group) is 1. The zero-order valence-electron chi connectivity index (χ0n) is 18.4. The molecule has 3 heterocycles. The number of aromatic amines is 1. The summed E-state index contributed by atoms with van der Waals surface area (Å²) in [6.45, 7) is 10.7. The van der Waals surface area contributed by atoms with Gasteiger partial charge in [-0.3, -0.25) is 4.79 Å². The van der Waals surface area contributed by atoms with Crippen LogP contribution in [0.25, 0.3) is 11.0 Å². The van der Waals surface area contributed by atoms with Crippen molar-refractivity contribution < 1.29 is 14.3 Å². The molecule has 0 unspecified atom stereocenters. The first-order valence-electron chi connectivity index (χ1n) is 10.1. The second-order valence-electron chi connectivity index (χ2n) is 9.00. The second-order valence-corrected chi connectivity index (χ2v) is 9.86. The van der Waals surface area contributed by atoms with Crippen LogP contribution in [0, 0.1) is 5.92 Å². The van der Waals surface area contributed by atoms with Gasteiger partial charge in [0.05, 0.1) is 27.3 Å². The Hall–Kier alpha value is -2.29. The van der Waals surface area contributed by atoms with Gasteiger partial charge in [0.25, 0.3) is 0 Å². The van der Waals surface area contributed by atoms with Crippen LogP contribution >= 0.6 is 15.9 Å². The van der Waals surface area contributed by atoms with Gasteiger partial charge in [-0.15, -0.1) is 0 Å². The fraction of sp³-hybridized carbons (Fsp3) is 0.571. The van der Waals surface area contributed by atoms with E-state index >= 15 is 0 Å². The number of nitrogens with one attached hydrogen (secondary N) is 2. The summed E-state index contributed by atoms with van der Waals surface area (Å²) in [5, 5.41) is 3.85. The van der Waals surface area contributed by atoms with E-state index in [2.05, 4.69) is 36.1 Å². The average molecular weight is 480 g/mol. The highest BCUT2D eigenvalue weighted by Crippen LogP contribution is 2.39. The monoisotopic (exact) mass is 479 g/mol. The van der Waals surface area contributed by atoms with Crippen molar-refractivity contribution in [2.45, 2.75) is 52.7 Å². The summed E-state index contributed by atoms with van der Waals surface area (Å²) in [7, 11) is 1.78. The van der Waals surface area contributed by atoms with Gasteiger partial charge in [-0.25, -0.2) is 9.78 Å². The third-order valence-corrected chi connectivity index (χ3v) is 5.70. The number of amides is 2. The fourth-order valence-electron chi connectivity index (χ4n) is 3.48. The number of carbonyl (C=O) groups excluding carboxylic acids is 2. The number of rotatable bonds is 4. The highest BCUT2D eigenvalue weighted by Gasteiger charge is 2.33. The minimum absolute atomic E-state index is 0.0302. The minimum atomic E-state index is -0.529. The first kappa shape index (κ1) is 22.4. The van der Waals surface area contributed by atoms with E-state index in [1.54, 1.807) is 24.3 Å². The summed E-state index contributed by atoms with van der Waals surface area (Å²) in [6, 6.07) is 0.0302. The Morgan fingerprint density at radius 2 is 2.10 bits per heavy atom. The molecule has 0 spiro atoms. The van der Waals surface area contributed by atoms with Crippen molar-refractivity contribution in [3.8, 4) is 0 Å². The number of carbonyl (C=O) groups is 2. The van der Waals surface area contributed by atoms with E-state index in [1.165, 1.54) is 0 Å². The smallest absolute Gasteiger partial charge is 0.410 e. The number of H-pyrrole nitrogens is 1. The van der Waals surface area contributed by atoms with E-state index in [-0.39, 0.29) is 24.0 Å². The van der Waals surface area contributed by atoms with E-state index in [1.807, 2.05) is 34.6 Å². The maximum absolute atomic E-state index is 12.5. The number of halogens is 1. The third kappa shape index (κ3) is 4.71. The van der Waals surface area contributed by atoms with Gasteiger partial charge in [0.1, 0.15) is 11.2 Å². The van der Waals surface area contributed by atoms with Crippen molar-refractivity contribution in [2.75, 3.05) is 30.4 Å². The molecule has 2 aromatic rings. The molecule has 0 saturated carbocycles. The van der Waals surface area contributed by atoms with Crippen LogP contribution in [0.3, 0.4) is 0 Å². The summed E-state index contributed by atoms with van der Waals surface area (Å²) in [4.78, 5) is 36.2. The van der Waals surface area contributed by atoms with Gasteiger partial charge in [0, 0.05) is 38.4 Å². The fourth-order valence-corrected chi connectivity index (χ4v) is 4.04. The van der Waals surface area contributed by atoms with Gasteiger partial charge >= 0.3 is 6.09 Å². The first-order valence-corrected chi connectivity index (χ1v) is 10.9. The lowest BCUT2D eigenvalue weighted by Crippen LogP contribution is -2.42. The Bertz CT molecular complexity index is 950. The van der Waals surface area contributed by atoms with Crippen molar-refractivity contribution in [3.05, 3.63) is 16.9 Å². The van der Waals surface area contributed by atoms with Crippen molar-refractivity contribution in [2.24, 2.45) is 5.92 Å². The number of fused-ring (bicyclic) bond motifs is 1. The van der Waals surface area contributed by atoms with Gasteiger partial charge in [-0.2, -0.15) is 0 Å². The maximum atomic E-state index is 12.5. The number of hydrogen-bond acceptors (Lipinski definition) is 5. The lowest BCUT2D eigenvalue weighted by atomic mass is 10.2. The Kier molecular flexibility index (Phi) is 6.31. The standard InChI is InChI=1S/C21H30BrN5O3/c1-12(2)19(28)25-15-10-24-18-16(15)17(14(22)9-23-18)27-8-7-13(11-27)26(6)20(29)30-21(3,4)5/h9-10,12-13H,7-8,11H2,1-6H3,(H,23,24)(H,25,28)/t13-/m1/s1. The van der Waals surface area contributed by atoms with Gasteiger partial charge in [0.2, 0.25) is 5.91 Å². The van der Waals surface area contributed by atoms with E-state index in [4.69, 9.17) is 4.74 Å². The highest BCUT2D eigenvalue weighted by atomic mass is 79.9. The summed E-state index contributed by atoms with van der Waals surface area (Å²) in [5.41, 5.74) is 1.84. The molecule has 0 aromatic carbocycles. The van der Waals surface area contributed by atoms with Crippen molar-refractivity contribution >= 4 is 50.3 Å². The first-order chi connectivity index (χ1) is 14.0. The molecule has 8 nitrogen and oxygen atoms in total. The molecule has 164 valence electrons. The number of pyridine rings is 1. The Morgan fingerprint density at radius 1 is 1.40 bits per heavy atom. The molecule has 2 aromatic heterocycles. The van der Waals surface area contributed by atoms with Crippen molar-refractivity contribution in [1.82, 2.24) is 14.9 Å². The van der Waals surface area contributed by atoms with Gasteiger partial charge in [0.15, 0.2) is 0 Å². The van der Waals surface area contributed by atoms with Crippen LogP contribution in [-0.4, -0.2) is 58.6 Å². The summed E-state index contributed by atoms with van der Waals surface area (Å²) in [5.74, 6) is -0.178. The topological polar surface area (TPSA) is 90.6 Å². The number of hydrogen-bond donors (Lipinski definition) is 2. The van der Waals surface area contributed by atoms with Crippen LogP contribution < -0.4 is 10.2 Å². The molecule has 2 amide bonds. The van der Waals surface area contributed by atoms with Crippen molar-refractivity contribution in [1.29, 1.82) is 0 Å². The lowest BCUT2D eigenvalue weighted by Gasteiger charge is -2.29. The van der Waals surface area contributed by atoms with Gasteiger partial charge < -0.3 is 24.8 Å². The second kappa shape index (κ2) is 8.45. The van der Waals surface area contributed by atoms with E-state index in [0.717, 1.165) is 28.5 Å². The van der Waals surface area contributed by atoms with Crippen LogP contribution in [0.4, 0.5) is 16.2 Å². The molecular weight excluding hydrogens is 450 g/mol. The molecule has 1 aliphatic heterocycles. The Labute approximate surface area is 185 Å². The Balaban J connectivity index is 1.86. The van der Waals surface area contributed by atoms with E-state index < -0.39 is 5.60 Å². The lowest BCUT2D eigenvalue weighted by molar-refractivity contribution is -0.118.